The number of benzene rings is 1. The largest absolute Gasteiger partial charge is 0.338 e. The van der Waals surface area contributed by atoms with Crippen molar-refractivity contribution in [2.75, 3.05) is 0 Å². The molecule has 1 atom stereocenters. The van der Waals surface area contributed by atoms with Crippen molar-refractivity contribution < 1.29 is 19.2 Å². The Morgan fingerprint density at radius 1 is 1.17 bits per heavy atom. The number of carbonyl (C=O) groups excluding carboxylic acids is 3. The molecule has 0 aliphatic carbocycles. The molecular formula is C15H12N4O4. The lowest BCUT2D eigenvalue weighted by molar-refractivity contribution is -0.174. The number of rotatable bonds is 2. The Bertz CT molecular complexity index is 793. The average molecular weight is 312 g/mol. The number of aromatic nitrogens is 3. The minimum absolute atomic E-state index is 0.245. The number of carbonyl (C=O) groups is 3. The molecule has 1 unspecified atom stereocenters. The highest BCUT2D eigenvalue weighted by Crippen LogP contribution is 2.25. The molecule has 2 aliphatic heterocycles. The summed E-state index contributed by atoms with van der Waals surface area (Å²) in [5.41, 5.74) is 0.491. The van der Waals surface area contributed by atoms with E-state index in [9.17, 15) is 14.4 Å². The molecule has 0 saturated carbocycles. The van der Waals surface area contributed by atoms with Gasteiger partial charge in [-0.2, -0.15) is 0 Å². The van der Waals surface area contributed by atoms with Crippen molar-refractivity contribution in [1.82, 2.24) is 19.8 Å². The first-order valence-corrected chi connectivity index (χ1v) is 7.21. The fourth-order valence-electron chi connectivity index (χ4n) is 2.86. The Kier molecular flexibility index (Phi) is 2.97. The summed E-state index contributed by atoms with van der Waals surface area (Å²) in [6.45, 7) is 0.379. The minimum Gasteiger partial charge on any atom is -0.329 e. The summed E-state index contributed by atoms with van der Waals surface area (Å²) in [7, 11) is 0. The second-order valence-corrected chi connectivity index (χ2v) is 5.50. The third kappa shape index (κ3) is 2.10. The van der Waals surface area contributed by atoms with Crippen molar-refractivity contribution in [1.29, 1.82) is 0 Å². The minimum atomic E-state index is -0.611. The van der Waals surface area contributed by atoms with Gasteiger partial charge in [0.2, 0.25) is 0 Å². The van der Waals surface area contributed by atoms with Gasteiger partial charge in [0.15, 0.2) is 0 Å². The molecule has 8 nitrogen and oxygen atoms in total. The van der Waals surface area contributed by atoms with Crippen LogP contribution in [0.4, 0.5) is 0 Å². The molecule has 116 valence electrons. The van der Waals surface area contributed by atoms with Gasteiger partial charge in [-0.1, -0.05) is 17.2 Å². The Hall–Kier alpha value is -3.03. The average Bonchev–Trinajstić information content (AvgIpc) is 3.13. The molecule has 1 aromatic carbocycles. The lowest BCUT2D eigenvalue weighted by atomic mass is 10.00. The van der Waals surface area contributed by atoms with Crippen molar-refractivity contribution in [2.24, 2.45) is 5.92 Å². The lowest BCUT2D eigenvalue weighted by Gasteiger charge is -2.22. The third-order valence-corrected chi connectivity index (χ3v) is 4.10. The normalized spacial score (nSPS) is 19.5. The molecule has 2 aromatic rings. The molecule has 4 rings (SSSR count). The smallest absolute Gasteiger partial charge is 0.329 e. The van der Waals surface area contributed by atoms with Crippen LogP contribution in [-0.2, 0) is 22.6 Å². The van der Waals surface area contributed by atoms with Gasteiger partial charge in [-0.25, -0.2) is 4.79 Å². The van der Waals surface area contributed by atoms with Crippen molar-refractivity contribution in [2.45, 2.75) is 19.4 Å². The van der Waals surface area contributed by atoms with E-state index >= 15 is 0 Å². The van der Waals surface area contributed by atoms with Crippen LogP contribution in [0, 0.1) is 5.92 Å². The van der Waals surface area contributed by atoms with Crippen LogP contribution in [0.1, 0.15) is 33.0 Å². The van der Waals surface area contributed by atoms with Crippen LogP contribution >= 0.6 is 0 Å². The Labute approximate surface area is 130 Å². The molecular weight excluding hydrogens is 300 g/mol. The zero-order chi connectivity index (χ0) is 16.0. The first-order chi connectivity index (χ1) is 11.1. The van der Waals surface area contributed by atoms with Gasteiger partial charge >= 0.3 is 5.97 Å². The highest BCUT2D eigenvalue weighted by Gasteiger charge is 2.40. The highest BCUT2D eigenvalue weighted by atomic mass is 16.7. The van der Waals surface area contributed by atoms with E-state index < -0.39 is 23.7 Å². The molecule has 0 radical (unpaired) electrons. The molecule has 0 N–H and O–H groups in total. The number of fused-ring (bicyclic) bond motifs is 2. The van der Waals surface area contributed by atoms with E-state index in [1.165, 1.54) is 12.1 Å². The van der Waals surface area contributed by atoms with Gasteiger partial charge in [0, 0.05) is 13.0 Å². The Morgan fingerprint density at radius 2 is 1.87 bits per heavy atom. The molecule has 0 saturated heterocycles. The molecule has 0 spiro atoms. The van der Waals surface area contributed by atoms with E-state index in [0.717, 1.165) is 5.82 Å². The van der Waals surface area contributed by atoms with Crippen molar-refractivity contribution in [3.05, 3.63) is 47.5 Å². The monoisotopic (exact) mass is 312 g/mol. The molecule has 1 aromatic heterocycles. The van der Waals surface area contributed by atoms with Crippen LogP contribution in [0.25, 0.3) is 0 Å². The molecule has 0 bridgehead atoms. The summed E-state index contributed by atoms with van der Waals surface area (Å²) in [4.78, 5) is 41.8. The second kappa shape index (κ2) is 5.01. The summed E-state index contributed by atoms with van der Waals surface area (Å²) >= 11 is 0. The van der Waals surface area contributed by atoms with Crippen LogP contribution in [0.3, 0.4) is 0 Å². The van der Waals surface area contributed by atoms with Crippen LogP contribution in [0.15, 0.2) is 30.6 Å². The van der Waals surface area contributed by atoms with Crippen molar-refractivity contribution in [3.8, 4) is 0 Å². The van der Waals surface area contributed by atoms with Gasteiger partial charge in [-0.05, 0) is 18.6 Å². The summed E-state index contributed by atoms with van der Waals surface area (Å²) in [5.74, 6) is -1.45. The zero-order valence-electron chi connectivity index (χ0n) is 12.0. The van der Waals surface area contributed by atoms with Gasteiger partial charge in [-0.15, -0.1) is 10.2 Å². The lowest BCUT2D eigenvalue weighted by Crippen LogP contribution is -2.37. The first kappa shape index (κ1) is 13.6. The maximum absolute atomic E-state index is 12.3. The molecule has 8 heteroatoms. The van der Waals surface area contributed by atoms with Gasteiger partial charge in [-0.3, -0.25) is 9.59 Å². The standard InChI is InChI=1S/C15H12N4O4/c20-13-10-3-1-2-4-11(10)14(21)19(13)23-15(22)9-5-6-12-17-16-8-18(12)7-9/h1-4,8-9H,5-7H2. The van der Waals surface area contributed by atoms with Crippen LogP contribution in [-0.4, -0.2) is 37.6 Å². The van der Waals surface area contributed by atoms with Crippen molar-refractivity contribution >= 4 is 17.8 Å². The molecule has 2 aliphatic rings. The first-order valence-electron chi connectivity index (χ1n) is 7.21. The fourth-order valence-corrected chi connectivity index (χ4v) is 2.86. The number of nitrogens with zero attached hydrogens (tertiary/aromatic N) is 4. The topological polar surface area (TPSA) is 94.4 Å². The molecule has 23 heavy (non-hydrogen) atoms. The van der Waals surface area contributed by atoms with E-state index in [4.69, 9.17) is 4.84 Å². The summed E-state index contributed by atoms with van der Waals surface area (Å²) in [5, 5.41) is 8.29. The van der Waals surface area contributed by atoms with Crippen LogP contribution < -0.4 is 0 Å². The maximum atomic E-state index is 12.3. The van der Waals surface area contributed by atoms with Gasteiger partial charge in [0.05, 0.1) is 17.0 Å². The SMILES string of the molecule is O=C(ON1C(=O)c2ccccc2C1=O)C1CCc2nncn2C1. The van der Waals surface area contributed by atoms with Crippen LogP contribution in [0.5, 0.6) is 0 Å². The van der Waals surface area contributed by atoms with E-state index in [2.05, 4.69) is 10.2 Å². The molecule has 2 amide bonds. The van der Waals surface area contributed by atoms with E-state index in [1.807, 2.05) is 0 Å². The molecule has 3 heterocycles. The Balaban J connectivity index is 1.50. The number of aryl methyl sites for hydroxylation is 1. The predicted octanol–water partition coefficient (Wildman–Crippen LogP) is 0.595. The Morgan fingerprint density at radius 3 is 2.57 bits per heavy atom. The van der Waals surface area contributed by atoms with E-state index in [0.29, 0.717) is 24.4 Å². The third-order valence-electron chi connectivity index (χ3n) is 4.10. The van der Waals surface area contributed by atoms with Gasteiger partial charge < -0.3 is 9.40 Å². The second-order valence-electron chi connectivity index (χ2n) is 5.50. The van der Waals surface area contributed by atoms with Gasteiger partial charge in [0.25, 0.3) is 11.8 Å². The number of amides is 2. The van der Waals surface area contributed by atoms with E-state index in [1.54, 1.807) is 23.0 Å². The number of imide groups is 1. The predicted molar refractivity (Wildman–Crippen MR) is 74.9 cm³/mol. The van der Waals surface area contributed by atoms with Crippen molar-refractivity contribution in [3.63, 3.8) is 0 Å². The number of hydrogen-bond acceptors (Lipinski definition) is 6. The van der Waals surface area contributed by atoms with Gasteiger partial charge in [0.1, 0.15) is 12.2 Å². The summed E-state index contributed by atoms with van der Waals surface area (Å²) < 4.78 is 1.78. The number of hydrogen-bond donors (Lipinski definition) is 0. The van der Waals surface area contributed by atoms with Crippen LogP contribution in [0.2, 0.25) is 0 Å². The number of hydroxylamine groups is 2. The summed E-state index contributed by atoms with van der Waals surface area (Å²) in [6.07, 6.45) is 2.69. The fraction of sp³-hybridized carbons (Fsp3) is 0.267. The highest BCUT2D eigenvalue weighted by molar-refractivity contribution is 6.20. The zero-order valence-corrected chi connectivity index (χ0v) is 12.0. The maximum Gasteiger partial charge on any atom is 0.338 e. The van der Waals surface area contributed by atoms with E-state index in [-0.39, 0.29) is 11.1 Å². The quantitative estimate of drug-likeness (QED) is 0.754. The molecule has 0 fully saturated rings. The summed E-state index contributed by atoms with van der Waals surface area (Å²) in [6, 6.07) is 6.38.